The summed E-state index contributed by atoms with van der Waals surface area (Å²) in [6.07, 6.45) is 5.42. The average molecular weight is 164 g/mol. The summed E-state index contributed by atoms with van der Waals surface area (Å²) >= 11 is 0. The Balaban J connectivity index is 1.85. The Hall–Kier alpha value is -1.05. The van der Waals surface area contributed by atoms with Crippen molar-refractivity contribution >= 4 is 5.97 Å². The SMILES string of the molecule is C=C(C)C(=O)OC1CC2C=CC21. The minimum absolute atomic E-state index is 0.129. The molecule has 3 unspecified atom stereocenters. The second-order valence-electron chi connectivity index (χ2n) is 3.59. The van der Waals surface area contributed by atoms with E-state index in [4.69, 9.17) is 4.74 Å². The van der Waals surface area contributed by atoms with Gasteiger partial charge < -0.3 is 4.74 Å². The van der Waals surface area contributed by atoms with Crippen molar-refractivity contribution in [2.24, 2.45) is 11.8 Å². The lowest BCUT2D eigenvalue weighted by Gasteiger charge is -2.46. The standard InChI is InChI=1S/C10H12O2/c1-6(2)10(11)12-9-5-7-3-4-8(7)9/h3-4,7-9H,1,5H2,2H3. The molecule has 0 bridgehead atoms. The van der Waals surface area contributed by atoms with E-state index >= 15 is 0 Å². The number of fused-ring (bicyclic) bond motifs is 1. The molecule has 0 spiro atoms. The fourth-order valence-electron chi connectivity index (χ4n) is 1.63. The minimum atomic E-state index is -0.251. The number of ether oxygens (including phenoxy) is 1. The second kappa shape index (κ2) is 2.47. The van der Waals surface area contributed by atoms with E-state index in [2.05, 4.69) is 18.7 Å². The zero-order valence-corrected chi connectivity index (χ0v) is 7.12. The predicted octanol–water partition coefficient (Wildman–Crippen LogP) is 1.68. The smallest absolute Gasteiger partial charge is 0.333 e. The molecule has 2 rings (SSSR count). The fraction of sp³-hybridized carbons (Fsp3) is 0.500. The third-order valence-corrected chi connectivity index (χ3v) is 2.62. The Morgan fingerprint density at radius 1 is 1.58 bits per heavy atom. The number of hydrogen-bond donors (Lipinski definition) is 0. The Labute approximate surface area is 71.9 Å². The van der Waals surface area contributed by atoms with E-state index in [1.807, 2.05) is 0 Å². The van der Waals surface area contributed by atoms with Gasteiger partial charge in [0.25, 0.3) is 0 Å². The van der Waals surface area contributed by atoms with Crippen LogP contribution < -0.4 is 0 Å². The first-order chi connectivity index (χ1) is 5.68. The Morgan fingerprint density at radius 2 is 2.33 bits per heavy atom. The van der Waals surface area contributed by atoms with Crippen molar-refractivity contribution in [3.8, 4) is 0 Å². The Morgan fingerprint density at radius 3 is 2.67 bits per heavy atom. The molecule has 0 radical (unpaired) electrons. The van der Waals surface area contributed by atoms with Crippen LogP contribution in [0.25, 0.3) is 0 Å². The van der Waals surface area contributed by atoms with Gasteiger partial charge in [-0.25, -0.2) is 4.79 Å². The van der Waals surface area contributed by atoms with Crippen LogP contribution in [0.5, 0.6) is 0 Å². The molecule has 0 aromatic heterocycles. The normalized spacial score (nSPS) is 35.9. The van der Waals surface area contributed by atoms with Crippen LogP contribution >= 0.6 is 0 Å². The molecule has 2 nitrogen and oxygen atoms in total. The van der Waals surface area contributed by atoms with Crippen LogP contribution in [0, 0.1) is 11.8 Å². The highest BCUT2D eigenvalue weighted by Gasteiger charge is 2.45. The van der Waals surface area contributed by atoms with E-state index in [9.17, 15) is 4.79 Å². The molecule has 0 heterocycles. The molecule has 2 heteroatoms. The number of esters is 1. The summed E-state index contributed by atoms with van der Waals surface area (Å²) in [6, 6.07) is 0. The van der Waals surface area contributed by atoms with E-state index < -0.39 is 0 Å². The maximum Gasteiger partial charge on any atom is 0.333 e. The van der Waals surface area contributed by atoms with Crippen LogP contribution in [0.1, 0.15) is 13.3 Å². The number of allylic oxidation sites excluding steroid dienone is 1. The molecule has 2 aliphatic carbocycles. The topological polar surface area (TPSA) is 26.3 Å². The maximum atomic E-state index is 11.1. The van der Waals surface area contributed by atoms with E-state index in [-0.39, 0.29) is 12.1 Å². The first-order valence-corrected chi connectivity index (χ1v) is 4.23. The van der Waals surface area contributed by atoms with Crippen molar-refractivity contribution in [3.63, 3.8) is 0 Å². The van der Waals surface area contributed by atoms with Gasteiger partial charge in [0, 0.05) is 11.5 Å². The van der Waals surface area contributed by atoms with Crippen molar-refractivity contribution in [2.45, 2.75) is 19.4 Å². The molecular formula is C10H12O2. The predicted molar refractivity (Wildman–Crippen MR) is 45.4 cm³/mol. The van der Waals surface area contributed by atoms with Crippen LogP contribution in [0.2, 0.25) is 0 Å². The molecule has 0 aromatic carbocycles. The zero-order chi connectivity index (χ0) is 8.72. The third kappa shape index (κ3) is 0.986. The van der Waals surface area contributed by atoms with E-state index in [1.54, 1.807) is 6.92 Å². The van der Waals surface area contributed by atoms with E-state index in [0.29, 0.717) is 17.4 Å². The van der Waals surface area contributed by atoms with Crippen LogP contribution in [-0.2, 0) is 9.53 Å². The minimum Gasteiger partial charge on any atom is -0.458 e. The molecular weight excluding hydrogens is 152 g/mol. The third-order valence-electron chi connectivity index (χ3n) is 2.62. The zero-order valence-electron chi connectivity index (χ0n) is 7.12. The van der Waals surface area contributed by atoms with Gasteiger partial charge in [-0.1, -0.05) is 18.7 Å². The van der Waals surface area contributed by atoms with Gasteiger partial charge in [-0.15, -0.1) is 0 Å². The van der Waals surface area contributed by atoms with E-state index in [0.717, 1.165) is 6.42 Å². The second-order valence-corrected chi connectivity index (χ2v) is 3.59. The van der Waals surface area contributed by atoms with Crippen LogP contribution in [0.3, 0.4) is 0 Å². The highest BCUT2D eigenvalue weighted by molar-refractivity contribution is 5.87. The van der Waals surface area contributed by atoms with E-state index in [1.165, 1.54) is 0 Å². The van der Waals surface area contributed by atoms with Crippen molar-refractivity contribution in [3.05, 3.63) is 24.3 Å². The van der Waals surface area contributed by atoms with Gasteiger partial charge in [0.05, 0.1) is 0 Å². The summed E-state index contributed by atoms with van der Waals surface area (Å²) in [5.74, 6) is 0.944. The van der Waals surface area contributed by atoms with Crippen molar-refractivity contribution in [1.82, 2.24) is 0 Å². The molecule has 1 fully saturated rings. The molecule has 0 amide bonds. The number of carbonyl (C=O) groups excluding carboxylic acids is 1. The fourth-order valence-corrected chi connectivity index (χ4v) is 1.63. The first-order valence-electron chi connectivity index (χ1n) is 4.23. The molecule has 12 heavy (non-hydrogen) atoms. The maximum absolute atomic E-state index is 11.1. The van der Waals surface area contributed by atoms with Crippen LogP contribution in [0.4, 0.5) is 0 Å². The first kappa shape index (κ1) is 7.59. The van der Waals surface area contributed by atoms with Crippen molar-refractivity contribution in [1.29, 1.82) is 0 Å². The molecule has 0 aliphatic heterocycles. The van der Waals surface area contributed by atoms with Gasteiger partial charge in [0.1, 0.15) is 6.10 Å². The van der Waals surface area contributed by atoms with Crippen molar-refractivity contribution < 1.29 is 9.53 Å². The molecule has 0 N–H and O–H groups in total. The summed E-state index contributed by atoms with van der Waals surface area (Å²) in [6.45, 7) is 5.21. The van der Waals surface area contributed by atoms with Gasteiger partial charge >= 0.3 is 5.97 Å². The summed E-state index contributed by atoms with van der Waals surface area (Å²) in [7, 11) is 0. The molecule has 64 valence electrons. The quantitative estimate of drug-likeness (QED) is 0.352. The lowest BCUT2D eigenvalue weighted by Crippen LogP contribution is -2.46. The van der Waals surface area contributed by atoms with Gasteiger partial charge in [0.2, 0.25) is 0 Å². The summed E-state index contributed by atoms with van der Waals surface area (Å²) in [4.78, 5) is 11.1. The summed E-state index contributed by atoms with van der Waals surface area (Å²) < 4.78 is 5.19. The average Bonchev–Trinajstić information content (AvgIpc) is 1.98. The number of rotatable bonds is 2. The summed E-state index contributed by atoms with van der Waals surface area (Å²) in [5.41, 5.74) is 0.488. The number of hydrogen-bond acceptors (Lipinski definition) is 2. The van der Waals surface area contributed by atoms with Gasteiger partial charge in [-0.3, -0.25) is 0 Å². The van der Waals surface area contributed by atoms with Crippen LogP contribution in [0.15, 0.2) is 24.3 Å². The molecule has 3 atom stereocenters. The number of carbonyl (C=O) groups is 1. The van der Waals surface area contributed by atoms with Gasteiger partial charge in [0.15, 0.2) is 0 Å². The monoisotopic (exact) mass is 164 g/mol. The highest BCUT2D eigenvalue weighted by Crippen LogP contribution is 2.45. The molecule has 0 saturated heterocycles. The summed E-state index contributed by atoms with van der Waals surface area (Å²) in [5, 5.41) is 0. The highest BCUT2D eigenvalue weighted by atomic mass is 16.5. The van der Waals surface area contributed by atoms with Gasteiger partial charge in [-0.2, -0.15) is 0 Å². The lowest BCUT2D eigenvalue weighted by molar-refractivity contribution is -0.155. The molecule has 0 aromatic rings. The lowest BCUT2D eigenvalue weighted by atomic mass is 9.64. The Kier molecular flexibility index (Phi) is 1.56. The van der Waals surface area contributed by atoms with Crippen LogP contribution in [-0.4, -0.2) is 12.1 Å². The molecule has 1 saturated carbocycles. The van der Waals surface area contributed by atoms with Gasteiger partial charge in [-0.05, 0) is 19.3 Å². The Bertz CT molecular complexity index is 265. The van der Waals surface area contributed by atoms with Crippen molar-refractivity contribution in [2.75, 3.05) is 0 Å². The largest absolute Gasteiger partial charge is 0.458 e. The molecule has 2 aliphatic rings.